The Bertz CT molecular complexity index is 563. The quantitative estimate of drug-likeness (QED) is 0.398. The summed E-state index contributed by atoms with van der Waals surface area (Å²) in [6.45, 7) is 7.25. The Balaban J connectivity index is 0.00000529. The maximum atomic E-state index is 13.3. The van der Waals surface area contributed by atoms with Crippen LogP contribution in [0.1, 0.15) is 26.3 Å². The Morgan fingerprint density at radius 1 is 1.33 bits per heavy atom. The zero-order valence-corrected chi connectivity index (χ0v) is 17.3. The first-order valence-electron chi connectivity index (χ1n) is 7.74. The van der Waals surface area contributed by atoms with E-state index in [4.69, 9.17) is 0 Å². The van der Waals surface area contributed by atoms with Crippen LogP contribution in [0, 0.1) is 11.2 Å². The summed E-state index contributed by atoms with van der Waals surface area (Å²) in [5.41, 5.74) is 0.310. The number of halogens is 2. The summed E-state index contributed by atoms with van der Waals surface area (Å²) in [7, 11) is 3.56. The van der Waals surface area contributed by atoms with E-state index in [9.17, 15) is 9.18 Å². The molecule has 0 saturated heterocycles. The van der Waals surface area contributed by atoms with Crippen molar-refractivity contribution in [2.75, 3.05) is 27.2 Å². The van der Waals surface area contributed by atoms with Crippen LogP contribution in [0.2, 0.25) is 0 Å². The molecule has 7 heteroatoms. The van der Waals surface area contributed by atoms with E-state index in [1.807, 2.05) is 38.8 Å². The summed E-state index contributed by atoms with van der Waals surface area (Å²) in [5.74, 6) is 0.401. The van der Waals surface area contributed by atoms with E-state index in [0.717, 1.165) is 5.56 Å². The second-order valence-corrected chi connectivity index (χ2v) is 6.13. The van der Waals surface area contributed by atoms with Crippen LogP contribution in [0.15, 0.2) is 29.3 Å². The van der Waals surface area contributed by atoms with Crippen LogP contribution < -0.4 is 10.6 Å². The van der Waals surface area contributed by atoms with Gasteiger partial charge in [0, 0.05) is 33.7 Å². The van der Waals surface area contributed by atoms with Gasteiger partial charge >= 0.3 is 0 Å². The van der Waals surface area contributed by atoms with Gasteiger partial charge in [0.1, 0.15) is 5.82 Å². The lowest BCUT2D eigenvalue weighted by Crippen LogP contribution is -2.48. The standard InChI is InChI=1S/C17H27FN4O.HI/c1-6-20-15(23)17(2,3)12-21-16(19-4)22(5)11-13-8-7-9-14(18)10-13;/h7-10H,6,11-12H2,1-5H3,(H,19,21)(H,20,23);1H. The molecule has 0 aliphatic heterocycles. The molecule has 0 spiro atoms. The molecule has 0 aliphatic carbocycles. The molecule has 1 aromatic rings. The largest absolute Gasteiger partial charge is 0.356 e. The minimum absolute atomic E-state index is 0. The second kappa shape index (κ2) is 10.5. The topological polar surface area (TPSA) is 56.7 Å². The van der Waals surface area contributed by atoms with Gasteiger partial charge in [-0.1, -0.05) is 12.1 Å². The van der Waals surface area contributed by atoms with Crippen molar-refractivity contribution in [1.82, 2.24) is 15.5 Å². The van der Waals surface area contributed by atoms with Crippen LogP contribution in [0.3, 0.4) is 0 Å². The zero-order chi connectivity index (χ0) is 17.5. The predicted octanol–water partition coefficient (Wildman–Crippen LogP) is 2.61. The van der Waals surface area contributed by atoms with Gasteiger partial charge in [0.2, 0.25) is 5.91 Å². The molecular formula is C17H28FIN4O. The molecule has 0 aliphatic rings. The fourth-order valence-electron chi connectivity index (χ4n) is 2.15. The molecule has 1 rings (SSSR count). The summed E-state index contributed by atoms with van der Waals surface area (Å²) in [5, 5.41) is 6.03. The van der Waals surface area contributed by atoms with Crippen LogP contribution in [0.5, 0.6) is 0 Å². The smallest absolute Gasteiger partial charge is 0.227 e. The second-order valence-electron chi connectivity index (χ2n) is 6.13. The molecule has 136 valence electrons. The minimum Gasteiger partial charge on any atom is -0.356 e. The van der Waals surface area contributed by atoms with Gasteiger partial charge in [-0.25, -0.2) is 4.39 Å². The molecule has 2 N–H and O–H groups in total. The first kappa shape index (κ1) is 22.6. The van der Waals surface area contributed by atoms with Crippen molar-refractivity contribution >= 4 is 35.8 Å². The van der Waals surface area contributed by atoms with Gasteiger partial charge in [0.05, 0.1) is 5.41 Å². The summed E-state index contributed by atoms with van der Waals surface area (Å²) >= 11 is 0. The number of rotatable bonds is 6. The highest BCUT2D eigenvalue weighted by Crippen LogP contribution is 2.14. The average Bonchev–Trinajstić information content (AvgIpc) is 2.48. The van der Waals surface area contributed by atoms with Gasteiger partial charge in [-0.3, -0.25) is 9.79 Å². The summed E-state index contributed by atoms with van der Waals surface area (Å²) in [4.78, 5) is 18.1. The fourth-order valence-corrected chi connectivity index (χ4v) is 2.15. The molecule has 0 fully saturated rings. The van der Waals surface area contributed by atoms with Crippen molar-refractivity contribution in [3.63, 3.8) is 0 Å². The lowest BCUT2D eigenvalue weighted by atomic mass is 9.92. The normalized spacial score (nSPS) is 11.5. The van der Waals surface area contributed by atoms with Crippen molar-refractivity contribution in [2.45, 2.75) is 27.3 Å². The highest BCUT2D eigenvalue weighted by atomic mass is 127. The predicted molar refractivity (Wildman–Crippen MR) is 107 cm³/mol. The summed E-state index contributed by atoms with van der Waals surface area (Å²) in [6.07, 6.45) is 0. The van der Waals surface area contributed by atoms with E-state index >= 15 is 0 Å². The molecule has 5 nitrogen and oxygen atoms in total. The highest BCUT2D eigenvalue weighted by molar-refractivity contribution is 14.0. The van der Waals surface area contributed by atoms with Crippen molar-refractivity contribution in [2.24, 2.45) is 10.4 Å². The minimum atomic E-state index is -0.550. The zero-order valence-electron chi connectivity index (χ0n) is 15.0. The molecule has 0 atom stereocenters. The molecule has 0 aromatic heterocycles. The number of nitrogens with zero attached hydrogens (tertiary/aromatic N) is 2. The lowest BCUT2D eigenvalue weighted by molar-refractivity contribution is -0.128. The number of carbonyl (C=O) groups excluding carboxylic acids is 1. The van der Waals surface area contributed by atoms with Gasteiger partial charge in [0.15, 0.2) is 5.96 Å². The maximum Gasteiger partial charge on any atom is 0.227 e. The molecule has 0 saturated carbocycles. The Hall–Kier alpha value is -1.38. The number of guanidine groups is 1. The number of hydrogen-bond donors (Lipinski definition) is 2. The number of aliphatic imine (C=N–C) groups is 1. The van der Waals surface area contributed by atoms with Gasteiger partial charge in [-0.2, -0.15) is 0 Å². The monoisotopic (exact) mass is 450 g/mol. The van der Waals surface area contributed by atoms with Crippen LogP contribution in [-0.4, -0.2) is 44.0 Å². The first-order valence-corrected chi connectivity index (χ1v) is 7.74. The third-order valence-corrected chi connectivity index (χ3v) is 3.52. The van der Waals surface area contributed by atoms with E-state index < -0.39 is 5.41 Å². The van der Waals surface area contributed by atoms with E-state index in [2.05, 4.69) is 15.6 Å². The lowest BCUT2D eigenvalue weighted by Gasteiger charge is -2.28. The van der Waals surface area contributed by atoms with E-state index in [1.54, 1.807) is 13.1 Å². The van der Waals surface area contributed by atoms with Gasteiger partial charge in [-0.15, -0.1) is 24.0 Å². The van der Waals surface area contributed by atoms with Crippen molar-refractivity contribution < 1.29 is 9.18 Å². The van der Waals surface area contributed by atoms with Crippen molar-refractivity contribution in [3.8, 4) is 0 Å². The van der Waals surface area contributed by atoms with Crippen LogP contribution >= 0.6 is 24.0 Å². The molecule has 0 bridgehead atoms. The fraction of sp³-hybridized carbons (Fsp3) is 0.529. The molecular weight excluding hydrogens is 422 g/mol. The number of hydrogen-bond acceptors (Lipinski definition) is 2. The van der Waals surface area contributed by atoms with Crippen LogP contribution in [0.4, 0.5) is 4.39 Å². The Kier molecular flexibility index (Phi) is 9.88. The van der Waals surface area contributed by atoms with Crippen molar-refractivity contribution in [3.05, 3.63) is 35.6 Å². The number of amides is 1. The maximum absolute atomic E-state index is 13.3. The summed E-state index contributed by atoms with van der Waals surface area (Å²) < 4.78 is 13.3. The molecule has 1 amide bonds. The Morgan fingerprint density at radius 3 is 2.54 bits per heavy atom. The average molecular weight is 450 g/mol. The van der Waals surface area contributed by atoms with Gasteiger partial charge in [0.25, 0.3) is 0 Å². The third-order valence-electron chi connectivity index (χ3n) is 3.52. The highest BCUT2D eigenvalue weighted by Gasteiger charge is 2.27. The Morgan fingerprint density at radius 2 is 2.00 bits per heavy atom. The van der Waals surface area contributed by atoms with E-state index in [0.29, 0.717) is 25.6 Å². The summed E-state index contributed by atoms with van der Waals surface area (Å²) in [6, 6.07) is 6.48. The number of benzene rings is 1. The SMILES string of the molecule is CCNC(=O)C(C)(C)CNC(=NC)N(C)Cc1cccc(F)c1.I. The number of nitrogens with one attached hydrogen (secondary N) is 2. The van der Waals surface area contributed by atoms with Crippen LogP contribution in [0.25, 0.3) is 0 Å². The Labute approximate surface area is 161 Å². The van der Waals surface area contributed by atoms with Crippen LogP contribution in [-0.2, 0) is 11.3 Å². The van der Waals surface area contributed by atoms with Gasteiger partial charge in [-0.05, 0) is 38.5 Å². The first-order chi connectivity index (χ1) is 10.8. The molecule has 24 heavy (non-hydrogen) atoms. The molecule has 0 radical (unpaired) electrons. The van der Waals surface area contributed by atoms with E-state index in [1.165, 1.54) is 12.1 Å². The third kappa shape index (κ3) is 7.02. The molecule has 1 aromatic carbocycles. The molecule has 0 unspecified atom stereocenters. The van der Waals surface area contributed by atoms with Crippen molar-refractivity contribution in [1.29, 1.82) is 0 Å². The van der Waals surface area contributed by atoms with E-state index in [-0.39, 0.29) is 35.7 Å². The van der Waals surface area contributed by atoms with Gasteiger partial charge < -0.3 is 15.5 Å². The molecule has 0 heterocycles. The number of carbonyl (C=O) groups is 1.